The molecule has 9 heteroatoms. The Morgan fingerprint density at radius 2 is 1.82 bits per heavy atom. The first-order valence-electron chi connectivity index (χ1n) is 6.08. The molecule has 0 aliphatic carbocycles. The maximum Gasteiger partial charge on any atom is 0.278 e. The maximum atomic E-state index is 6.25. The Morgan fingerprint density at radius 1 is 1.18 bits per heavy atom. The molecule has 22 heavy (non-hydrogen) atoms. The number of thiocarbonyl (C=S) groups is 1. The van der Waals surface area contributed by atoms with Crippen LogP contribution in [0.3, 0.4) is 0 Å². The number of halogens is 2. The minimum Gasteiger partial charge on any atom is -0.477 e. The molecule has 0 atom stereocenters. The Labute approximate surface area is 142 Å². The summed E-state index contributed by atoms with van der Waals surface area (Å²) in [5.74, 6) is 0.480. The molecule has 1 aromatic heterocycles. The first-order valence-corrected chi connectivity index (χ1v) is 7.24. The molecule has 0 fully saturated rings. The smallest absolute Gasteiger partial charge is 0.278 e. The average molecular weight is 362 g/mol. The number of ether oxygens (including phenoxy) is 3. The number of aromatic nitrogens is 2. The zero-order valence-corrected chi connectivity index (χ0v) is 14.4. The third-order valence-corrected chi connectivity index (χ3v) is 3.72. The number of methoxy groups -OCH3 is 3. The van der Waals surface area contributed by atoms with Crippen molar-refractivity contribution in [3.05, 3.63) is 16.1 Å². The van der Waals surface area contributed by atoms with Crippen molar-refractivity contribution in [1.29, 1.82) is 0 Å². The molecule has 1 aromatic carbocycles. The molecule has 0 saturated heterocycles. The topological polar surface area (TPSA) is 65.5 Å². The average Bonchev–Trinajstić information content (AvgIpc) is 2.50. The summed E-state index contributed by atoms with van der Waals surface area (Å²) in [6.07, 6.45) is 0. The first kappa shape index (κ1) is 17.0. The van der Waals surface area contributed by atoms with E-state index in [1.54, 1.807) is 13.2 Å². The monoisotopic (exact) mass is 361 g/mol. The molecule has 1 heterocycles. The lowest BCUT2D eigenvalue weighted by molar-refractivity contribution is 0.247. The molecule has 0 aliphatic rings. The SMILES string of the molecule is COCC(=S)Nc1c(Cl)c(Cl)cc2nc(OC)c(OC)nc12. The van der Waals surface area contributed by atoms with E-state index >= 15 is 0 Å². The fourth-order valence-corrected chi connectivity index (χ4v) is 2.40. The van der Waals surface area contributed by atoms with E-state index < -0.39 is 0 Å². The standard InChI is InChI=1S/C13H13Cl2N3O3S/c1-19-5-8(22)17-11-9(15)6(14)4-7-10(11)18-13(21-3)12(16-7)20-2/h4H,5H2,1-3H3,(H,17,22). The lowest BCUT2D eigenvalue weighted by Gasteiger charge is -2.14. The van der Waals surface area contributed by atoms with E-state index in [4.69, 9.17) is 49.6 Å². The van der Waals surface area contributed by atoms with Gasteiger partial charge in [-0.05, 0) is 6.07 Å². The highest BCUT2D eigenvalue weighted by Gasteiger charge is 2.18. The largest absolute Gasteiger partial charge is 0.477 e. The molecule has 2 aromatic rings. The van der Waals surface area contributed by atoms with E-state index in [0.717, 1.165) is 0 Å². The predicted molar refractivity (Wildman–Crippen MR) is 90.8 cm³/mol. The van der Waals surface area contributed by atoms with Gasteiger partial charge in [0.1, 0.15) is 10.5 Å². The molecular formula is C13H13Cl2N3O3S. The quantitative estimate of drug-likeness (QED) is 0.819. The summed E-state index contributed by atoms with van der Waals surface area (Å²) in [7, 11) is 4.49. The van der Waals surface area contributed by atoms with Crippen LogP contribution in [0, 0.1) is 0 Å². The molecule has 0 bridgehead atoms. The lowest BCUT2D eigenvalue weighted by atomic mass is 10.2. The van der Waals surface area contributed by atoms with Gasteiger partial charge < -0.3 is 19.5 Å². The molecule has 1 N–H and O–H groups in total. The van der Waals surface area contributed by atoms with Crippen molar-refractivity contribution in [3.8, 4) is 11.8 Å². The van der Waals surface area contributed by atoms with Crippen LogP contribution in [0.2, 0.25) is 10.0 Å². The minimum absolute atomic E-state index is 0.231. The van der Waals surface area contributed by atoms with Crippen LogP contribution in [0.5, 0.6) is 11.8 Å². The van der Waals surface area contributed by atoms with Crippen LogP contribution in [0.15, 0.2) is 6.07 Å². The Balaban J connectivity index is 2.66. The van der Waals surface area contributed by atoms with E-state index in [1.807, 2.05) is 0 Å². The van der Waals surface area contributed by atoms with Gasteiger partial charge in [-0.3, -0.25) is 0 Å². The predicted octanol–water partition coefficient (Wildman–Crippen LogP) is 3.34. The van der Waals surface area contributed by atoms with Gasteiger partial charge in [0.15, 0.2) is 0 Å². The highest BCUT2D eigenvalue weighted by Crippen LogP contribution is 2.38. The highest BCUT2D eigenvalue weighted by molar-refractivity contribution is 7.80. The van der Waals surface area contributed by atoms with Gasteiger partial charge in [-0.15, -0.1) is 0 Å². The summed E-state index contributed by atoms with van der Waals surface area (Å²) in [5, 5.41) is 3.58. The summed E-state index contributed by atoms with van der Waals surface area (Å²) in [4.78, 5) is 9.11. The fraction of sp³-hybridized carbons (Fsp3) is 0.308. The number of rotatable bonds is 5. The number of nitrogens with one attached hydrogen (secondary N) is 1. The molecule has 118 valence electrons. The number of nitrogens with zero attached hydrogens (tertiary/aromatic N) is 2. The van der Waals surface area contributed by atoms with Crippen LogP contribution >= 0.6 is 35.4 Å². The van der Waals surface area contributed by atoms with Crippen molar-refractivity contribution in [2.75, 3.05) is 33.3 Å². The molecule has 6 nitrogen and oxygen atoms in total. The van der Waals surface area contributed by atoms with Gasteiger partial charge in [-0.25, -0.2) is 9.97 Å². The van der Waals surface area contributed by atoms with Gasteiger partial charge in [0.2, 0.25) is 0 Å². The minimum atomic E-state index is 0.231. The van der Waals surface area contributed by atoms with E-state index in [9.17, 15) is 0 Å². The summed E-state index contributed by atoms with van der Waals surface area (Å²) >= 11 is 17.6. The summed E-state index contributed by atoms with van der Waals surface area (Å²) < 4.78 is 15.3. The van der Waals surface area contributed by atoms with Crippen LogP contribution < -0.4 is 14.8 Å². The second-order valence-corrected chi connectivity index (χ2v) is 5.42. The molecular weight excluding hydrogens is 349 g/mol. The van der Waals surface area contributed by atoms with Crippen molar-refractivity contribution in [1.82, 2.24) is 9.97 Å². The zero-order chi connectivity index (χ0) is 16.3. The van der Waals surface area contributed by atoms with Crippen LogP contribution in [0.4, 0.5) is 5.69 Å². The molecule has 0 unspecified atom stereocenters. The zero-order valence-electron chi connectivity index (χ0n) is 12.1. The van der Waals surface area contributed by atoms with E-state index in [-0.39, 0.29) is 23.4 Å². The first-order chi connectivity index (χ1) is 10.5. The fourth-order valence-electron chi connectivity index (χ4n) is 1.79. The Bertz CT molecular complexity index is 727. The maximum absolute atomic E-state index is 6.25. The molecule has 2 rings (SSSR count). The third-order valence-electron chi connectivity index (χ3n) is 2.72. The Morgan fingerprint density at radius 3 is 2.41 bits per heavy atom. The van der Waals surface area contributed by atoms with Crippen molar-refractivity contribution < 1.29 is 14.2 Å². The van der Waals surface area contributed by atoms with Crippen molar-refractivity contribution in [3.63, 3.8) is 0 Å². The molecule has 0 spiro atoms. The van der Waals surface area contributed by atoms with Crippen LogP contribution in [0.25, 0.3) is 11.0 Å². The Hall–Kier alpha value is -1.41. The van der Waals surface area contributed by atoms with Gasteiger partial charge in [0, 0.05) is 7.11 Å². The van der Waals surface area contributed by atoms with Gasteiger partial charge in [0.25, 0.3) is 11.8 Å². The van der Waals surface area contributed by atoms with Crippen LogP contribution in [-0.2, 0) is 4.74 Å². The summed E-state index contributed by atoms with van der Waals surface area (Å²) in [6, 6.07) is 1.60. The van der Waals surface area contributed by atoms with Crippen molar-refractivity contribution in [2.45, 2.75) is 0 Å². The molecule has 0 amide bonds. The second kappa shape index (κ2) is 7.23. The molecule has 0 aliphatic heterocycles. The summed E-state index contributed by atoms with van der Waals surface area (Å²) in [5.41, 5.74) is 1.40. The number of anilines is 1. The van der Waals surface area contributed by atoms with Crippen LogP contribution in [0.1, 0.15) is 0 Å². The number of fused-ring (bicyclic) bond motifs is 1. The Kier molecular flexibility index (Phi) is 5.57. The van der Waals surface area contributed by atoms with Gasteiger partial charge in [-0.1, -0.05) is 35.4 Å². The number of hydrogen-bond donors (Lipinski definition) is 1. The van der Waals surface area contributed by atoms with E-state index in [1.165, 1.54) is 14.2 Å². The van der Waals surface area contributed by atoms with Gasteiger partial charge in [0.05, 0.1) is 42.1 Å². The van der Waals surface area contributed by atoms with Crippen molar-refractivity contribution >= 4 is 57.1 Å². The second-order valence-electron chi connectivity index (χ2n) is 4.14. The normalized spacial score (nSPS) is 10.6. The van der Waals surface area contributed by atoms with E-state index in [2.05, 4.69) is 15.3 Å². The number of hydrogen-bond acceptors (Lipinski definition) is 6. The third kappa shape index (κ3) is 3.33. The van der Waals surface area contributed by atoms with Crippen LogP contribution in [-0.4, -0.2) is 42.9 Å². The van der Waals surface area contributed by atoms with Gasteiger partial charge >= 0.3 is 0 Å². The summed E-state index contributed by atoms with van der Waals surface area (Å²) in [6.45, 7) is 0.236. The lowest BCUT2D eigenvalue weighted by Crippen LogP contribution is -2.16. The van der Waals surface area contributed by atoms with Gasteiger partial charge in [-0.2, -0.15) is 0 Å². The molecule has 0 saturated carbocycles. The van der Waals surface area contributed by atoms with Crippen molar-refractivity contribution in [2.24, 2.45) is 0 Å². The number of benzene rings is 1. The highest BCUT2D eigenvalue weighted by atomic mass is 35.5. The molecule has 0 radical (unpaired) electrons. The van der Waals surface area contributed by atoms with E-state index in [0.29, 0.717) is 26.7 Å².